The van der Waals surface area contributed by atoms with Crippen molar-refractivity contribution < 1.29 is 9.53 Å². The number of rotatable bonds is 6. The van der Waals surface area contributed by atoms with E-state index in [2.05, 4.69) is 18.7 Å². The van der Waals surface area contributed by atoms with Gasteiger partial charge >= 0.3 is 0 Å². The van der Waals surface area contributed by atoms with E-state index in [-0.39, 0.29) is 5.91 Å². The number of nitrogens with zero attached hydrogens (tertiary/aromatic N) is 2. The van der Waals surface area contributed by atoms with Gasteiger partial charge in [0.15, 0.2) is 0 Å². The number of amides is 1. The van der Waals surface area contributed by atoms with Crippen LogP contribution in [0.5, 0.6) is 5.75 Å². The van der Waals surface area contributed by atoms with Crippen molar-refractivity contribution in [2.24, 2.45) is 0 Å². The van der Waals surface area contributed by atoms with Crippen molar-refractivity contribution >= 4 is 5.91 Å². The molecule has 0 aromatic heterocycles. The normalized spacial score (nSPS) is 18.0. The maximum atomic E-state index is 13.0. The summed E-state index contributed by atoms with van der Waals surface area (Å²) in [6.07, 6.45) is 2.18. The molecule has 1 aliphatic heterocycles. The molecular weight excluding hydrogens is 276 g/mol. The number of methoxy groups -OCH3 is 1. The molecule has 1 saturated heterocycles. The highest BCUT2D eigenvalue weighted by molar-refractivity contribution is 5.98. The van der Waals surface area contributed by atoms with Crippen LogP contribution in [0.25, 0.3) is 0 Å². The van der Waals surface area contributed by atoms with Crippen LogP contribution in [0.15, 0.2) is 18.2 Å². The highest BCUT2D eigenvalue weighted by Gasteiger charge is 2.32. The van der Waals surface area contributed by atoms with Crippen LogP contribution in [0.1, 0.15) is 42.6 Å². The monoisotopic (exact) mass is 304 g/mol. The molecule has 1 fully saturated rings. The van der Waals surface area contributed by atoms with E-state index in [9.17, 15) is 4.79 Å². The summed E-state index contributed by atoms with van der Waals surface area (Å²) in [7, 11) is 1.63. The Morgan fingerprint density at radius 2 is 2.09 bits per heavy atom. The second kappa shape index (κ2) is 7.63. The Balaban J connectivity index is 2.21. The minimum absolute atomic E-state index is 0.115. The van der Waals surface area contributed by atoms with Crippen molar-refractivity contribution in [3.8, 4) is 5.75 Å². The number of hydrogen-bond acceptors (Lipinski definition) is 3. The lowest BCUT2D eigenvalue weighted by Gasteiger charge is -2.30. The third-order valence-electron chi connectivity index (χ3n) is 4.67. The number of aryl methyl sites for hydroxylation is 1. The van der Waals surface area contributed by atoms with Gasteiger partial charge in [0.05, 0.1) is 12.7 Å². The summed E-state index contributed by atoms with van der Waals surface area (Å²) >= 11 is 0. The van der Waals surface area contributed by atoms with E-state index < -0.39 is 0 Å². The summed E-state index contributed by atoms with van der Waals surface area (Å²) in [5.74, 6) is 0.795. The van der Waals surface area contributed by atoms with Gasteiger partial charge in [0, 0.05) is 19.1 Å². The number of ether oxygens (including phenoxy) is 1. The van der Waals surface area contributed by atoms with Crippen LogP contribution >= 0.6 is 0 Å². The van der Waals surface area contributed by atoms with Gasteiger partial charge in [-0.25, -0.2) is 0 Å². The predicted molar refractivity (Wildman–Crippen MR) is 89.6 cm³/mol. The lowest BCUT2D eigenvalue weighted by atomic mass is 10.1. The van der Waals surface area contributed by atoms with Gasteiger partial charge in [0.1, 0.15) is 5.75 Å². The van der Waals surface area contributed by atoms with Gasteiger partial charge in [-0.2, -0.15) is 0 Å². The highest BCUT2D eigenvalue weighted by Crippen LogP contribution is 2.27. The zero-order valence-electron chi connectivity index (χ0n) is 14.3. The third-order valence-corrected chi connectivity index (χ3v) is 4.67. The summed E-state index contributed by atoms with van der Waals surface area (Å²) < 4.78 is 5.41. The molecule has 0 saturated carbocycles. The molecule has 0 aliphatic carbocycles. The van der Waals surface area contributed by atoms with Crippen LogP contribution < -0.4 is 4.74 Å². The lowest BCUT2D eigenvalue weighted by molar-refractivity contribution is 0.0699. The predicted octanol–water partition coefficient (Wildman–Crippen LogP) is 2.95. The van der Waals surface area contributed by atoms with Crippen LogP contribution in [-0.4, -0.2) is 55.0 Å². The van der Waals surface area contributed by atoms with Crippen LogP contribution in [0.2, 0.25) is 0 Å². The quantitative estimate of drug-likeness (QED) is 0.810. The summed E-state index contributed by atoms with van der Waals surface area (Å²) in [5.41, 5.74) is 1.70. The maximum absolute atomic E-state index is 13.0. The van der Waals surface area contributed by atoms with Crippen molar-refractivity contribution in [1.82, 2.24) is 9.80 Å². The molecule has 4 nitrogen and oxygen atoms in total. The van der Waals surface area contributed by atoms with Crippen LogP contribution in [0.4, 0.5) is 0 Å². The molecule has 1 unspecified atom stereocenters. The van der Waals surface area contributed by atoms with Gasteiger partial charge in [0.2, 0.25) is 0 Å². The van der Waals surface area contributed by atoms with Crippen LogP contribution in [-0.2, 0) is 0 Å². The highest BCUT2D eigenvalue weighted by atomic mass is 16.5. The Bertz CT molecular complexity index is 512. The molecule has 1 amide bonds. The Hall–Kier alpha value is -1.55. The van der Waals surface area contributed by atoms with Crippen molar-refractivity contribution in [2.45, 2.75) is 39.7 Å². The van der Waals surface area contributed by atoms with E-state index >= 15 is 0 Å². The molecule has 0 radical (unpaired) electrons. The first-order chi connectivity index (χ1) is 10.6. The molecule has 22 heavy (non-hydrogen) atoms. The molecule has 0 spiro atoms. The zero-order valence-corrected chi connectivity index (χ0v) is 14.3. The van der Waals surface area contributed by atoms with Crippen molar-refractivity contribution in [3.63, 3.8) is 0 Å². The Morgan fingerprint density at radius 1 is 1.36 bits per heavy atom. The number of likely N-dealkylation sites (tertiary alicyclic amines) is 1. The molecule has 0 N–H and O–H groups in total. The minimum atomic E-state index is 0.115. The van der Waals surface area contributed by atoms with Gasteiger partial charge in [-0.3, -0.25) is 4.79 Å². The molecule has 1 heterocycles. The van der Waals surface area contributed by atoms with Crippen molar-refractivity contribution in [2.75, 3.05) is 33.3 Å². The average molecular weight is 304 g/mol. The van der Waals surface area contributed by atoms with E-state index in [1.807, 2.05) is 30.0 Å². The van der Waals surface area contributed by atoms with Gasteiger partial charge in [-0.1, -0.05) is 26.0 Å². The van der Waals surface area contributed by atoms with Crippen molar-refractivity contribution in [1.29, 1.82) is 0 Å². The first kappa shape index (κ1) is 16.8. The number of carbonyl (C=O) groups excluding carboxylic acids is 1. The standard InChI is InChI=1S/C18H28N2O2/c1-5-19(6-2)13-15-10-8-12-20(15)18(21)17-14(3)9-7-11-16(17)22-4/h7,9,11,15H,5-6,8,10,12-13H2,1-4H3. The molecule has 1 aliphatic rings. The van der Waals surface area contributed by atoms with E-state index in [0.29, 0.717) is 11.8 Å². The van der Waals surface area contributed by atoms with E-state index in [0.717, 1.165) is 50.1 Å². The topological polar surface area (TPSA) is 32.8 Å². The van der Waals surface area contributed by atoms with Crippen LogP contribution in [0, 0.1) is 6.92 Å². The molecule has 0 bridgehead atoms. The summed E-state index contributed by atoms with van der Waals surface area (Å²) in [6, 6.07) is 6.10. The first-order valence-electron chi connectivity index (χ1n) is 8.29. The second-order valence-electron chi connectivity index (χ2n) is 5.93. The van der Waals surface area contributed by atoms with Crippen molar-refractivity contribution in [3.05, 3.63) is 29.3 Å². The number of benzene rings is 1. The van der Waals surface area contributed by atoms with E-state index in [1.165, 1.54) is 0 Å². The summed E-state index contributed by atoms with van der Waals surface area (Å²) in [6.45, 7) is 10.2. The Kier molecular flexibility index (Phi) is 5.83. The summed E-state index contributed by atoms with van der Waals surface area (Å²) in [4.78, 5) is 17.5. The van der Waals surface area contributed by atoms with Crippen LogP contribution in [0.3, 0.4) is 0 Å². The lowest BCUT2D eigenvalue weighted by Crippen LogP contribution is -2.43. The number of carbonyl (C=O) groups is 1. The fourth-order valence-corrected chi connectivity index (χ4v) is 3.30. The van der Waals surface area contributed by atoms with Gasteiger partial charge in [-0.15, -0.1) is 0 Å². The fourth-order valence-electron chi connectivity index (χ4n) is 3.30. The zero-order chi connectivity index (χ0) is 16.1. The van der Waals surface area contributed by atoms with Gasteiger partial charge in [0.25, 0.3) is 5.91 Å². The molecule has 1 aromatic carbocycles. The average Bonchev–Trinajstić information content (AvgIpc) is 2.99. The van der Waals surface area contributed by atoms with Gasteiger partial charge in [-0.05, 0) is 44.5 Å². The first-order valence-corrected chi connectivity index (χ1v) is 8.29. The Morgan fingerprint density at radius 3 is 2.73 bits per heavy atom. The fraction of sp³-hybridized carbons (Fsp3) is 0.611. The Labute approximate surface area is 134 Å². The molecular formula is C18H28N2O2. The molecule has 2 rings (SSSR count). The second-order valence-corrected chi connectivity index (χ2v) is 5.93. The molecule has 1 aromatic rings. The minimum Gasteiger partial charge on any atom is -0.496 e. The van der Waals surface area contributed by atoms with Gasteiger partial charge < -0.3 is 14.5 Å². The third kappa shape index (κ3) is 3.43. The smallest absolute Gasteiger partial charge is 0.258 e. The number of hydrogen-bond donors (Lipinski definition) is 0. The largest absolute Gasteiger partial charge is 0.496 e. The van der Waals surface area contributed by atoms with E-state index in [1.54, 1.807) is 7.11 Å². The SMILES string of the molecule is CCN(CC)CC1CCCN1C(=O)c1c(C)cccc1OC. The molecule has 122 valence electrons. The molecule has 1 atom stereocenters. The van der Waals surface area contributed by atoms with E-state index in [4.69, 9.17) is 4.74 Å². The summed E-state index contributed by atoms with van der Waals surface area (Å²) in [5, 5.41) is 0. The molecule has 4 heteroatoms. The number of likely N-dealkylation sites (N-methyl/N-ethyl adjacent to an activating group) is 1. The maximum Gasteiger partial charge on any atom is 0.258 e.